The molecular weight excluding hydrogens is 252 g/mol. The van der Waals surface area contributed by atoms with Gasteiger partial charge in [-0.25, -0.2) is 9.59 Å². The van der Waals surface area contributed by atoms with Crippen molar-refractivity contribution in [2.45, 2.75) is 46.3 Å². The molecule has 0 aliphatic heterocycles. The van der Waals surface area contributed by atoms with E-state index in [0.717, 1.165) is 0 Å². The minimum absolute atomic E-state index is 0.0177. The first-order valence-corrected chi connectivity index (χ1v) is 5.96. The average Bonchev–Trinajstić information content (AvgIpc) is 2.24. The normalized spacial score (nSPS) is 10.2. The SMILES string of the molecule is C=C(CC(=O)OCC(=O)OC(C)C)C(=O)OC(C)C. The predicted molar refractivity (Wildman–Crippen MR) is 67.2 cm³/mol. The maximum Gasteiger partial charge on any atom is 0.344 e. The molecule has 0 bridgehead atoms. The van der Waals surface area contributed by atoms with E-state index in [1.807, 2.05) is 0 Å². The lowest BCUT2D eigenvalue weighted by Crippen LogP contribution is -2.21. The van der Waals surface area contributed by atoms with Crippen LogP contribution in [0, 0.1) is 0 Å². The number of carbonyl (C=O) groups is 3. The van der Waals surface area contributed by atoms with Crippen molar-refractivity contribution < 1.29 is 28.6 Å². The molecule has 0 unspecified atom stereocenters. The standard InChI is InChI=1S/C13H20O6/c1-8(2)18-12(15)7-17-11(14)6-10(5)13(16)19-9(3)4/h8-9H,5-7H2,1-4H3. The monoisotopic (exact) mass is 272 g/mol. The van der Waals surface area contributed by atoms with Gasteiger partial charge in [0.25, 0.3) is 0 Å². The summed E-state index contributed by atoms with van der Waals surface area (Å²) < 4.78 is 14.3. The van der Waals surface area contributed by atoms with Crippen molar-refractivity contribution in [1.29, 1.82) is 0 Å². The quantitative estimate of drug-likeness (QED) is 0.396. The maximum atomic E-state index is 11.4. The molecule has 0 radical (unpaired) electrons. The molecule has 0 aliphatic rings. The highest BCUT2D eigenvalue weighted by Crippen LogP contribution is 2.05. The van der Waals surface area contributed by atoms with Crippen LogP contribution in [0.3, 0.4) is 0 Å². The zero-order valence-electron chi connectivity index (χ0n) is 11.7. The fourth-order valence-corrected chi connectivity index (χ4v) is 1.03. The molecule has 0 aromatic heterocycles. The van der Waals surface area contributed by atoms with Gasteiger partial charge in [0.15, 0.2) is 6.61 Å². The van der Waals surface area contributed by atoms with Crippen molar-refractivity contribution in [1.82, 2.24) is 0 Å². The molecule has 0 aliphatic carbocycles. The third-order valence-corrected chi connectivity index (χ3v) is 1.71. The minimum Gasteiger partial charge on any atom is -0.460 e. The van der Waals surface area contributed by atoms with Crippen molar-refractivity contribution >= 4 is 17.9 Å². The van der Waals surface area contributed by atoms with Crippen LogP contribution in [0.15, 0.2) is 12.2 Å². The summed E-state index contributed by atoms with van der Waals surface area (Å²) >= 11 is 0. The average molecular weight is 272 g/mol. The second-order valence-electron chi connectivity index (χ2n) is 4.43. The van der Waals surface area contributed by atoms with E-state index in [1.165, 1.54) is 0 Å². The van der Waals surface area contributed by atoms with Crippen LogP contribution in [-0.4, -0.2) is 36.7 Å². The number of ether oxygens (including phenoxy) is 3. The molecule has 0 heterocycles. The van der Waals surface area contributed by atoms with Crippen LogP contribution in [0.1, 0.15) is 34.1 Å². The van der Waals surface area contributed by atoms with Crippen LogP contribution < -0.4 is 0 Å². The second-order valence-corrected chi connectivity index (χ2v) is 4.43. The van der Waals surface area contributed by atoms with Gasteiger partial charge >= 0.3 is 17.9 Å². The highest BCUT2D eigenvalue weighted by Gasteiger charge is 2.16. The van der Waals surface area contributed by atoms with Crippen LogP contribution >= 0.6 is 0 Å². The van der Waals surface area contributed by atoms with E-state index in [2.05, 4.69) is 11.3 Å². The molecule has 19 heavy (non-hydrogen) atoms. The first-order valence-electron chi connectivity index (χ1n) is 5.96. The molecule has 0 saturated heterocycles. The van der Waals surface area contributed by atoms with Gasteiger partial charge in [-0.05, 0) is 27.7 Å². The lowest BCUT2D eigenvalue weighted by atomic mass is 10.2. The summed E-state index contributed by atoms with van der Waals surface area (Å²) in [6.07, 6.45) is -0.885. The van der Waals surface area contributed by atoms with Crippen molar-refractivity contribution in [2.24, 2.45) is 0 Å². The third kappa shape index (κ3) is 8.82. The first kappa shape index (κ1) is 17.2. The zero-order chi connectivity index (χ0) is 15.0. The second kappa shape index (κ2) is 8.29. The van der Waals surface area contributed by atoms with Gasteiger partial charge < -0.3 is 14.2 Å². The summed E-state index contributed by atoms with van der Waals surface area (Å²) in [6.45, 7) is 9.69. The van der Waals surface area contributed by atoms with Gasteiger partial charge in [0.1, 0.15) is 0 Å². The molecule has 6 heteroatoms. The Balaban J connectivity index is 4.01. The van der Waals surface area contributed by atoms with Gasteiger partial charge in [-0.3, -0.25) is 4.79 Å². The van der Waals surface area contributed by atoms with E-state index >= 15 is 0 Å². The lowest BCUT2D eigenvalue weighted by Gasteiger charge is -2.10. The third-order valence-electron chi connectivity index (χ3n) is 1.71. The smallest absolute Gasteiger partial charge is 0.344 e. The molecule has 108 valence electrons. The predicted octanol–water partition coefficient (Wildman–Crippen LogP) is 1.38. The summed E-state index contributed by atoms with van der Waals surface area (Å²) in [6, 6.07) is 0. The number of esters is 3. The van der Waals surface area contributed by atoms with Crippen LogP contribution in [0.5, 0.6) is 0 Å². The zero-order valence-corrected chi connectivity index (χ0v) is 11.7. The molecule has 6 nitrogen and oxygen atoms in total. The Bertz CT molecular complexity index is 356. The van der Waals surface area contributed by atoms with Crippen LogP contribution in [-0.2, 0) is 28.6 Å². The number of carbonyl (C=O) groups excluding carboxylic acids is 3. The molecule has 0 aromatic rings. The van der Waals surface area contributed by atoms with E-state index in [4.69, 9.17) is 9.47 Å². The van der Waals surface area contributed by atoms with Gasteiger partial charge in [0, 0.05) is 5.57 Å². The molecule has 0 spiro atoms. The van der Waals surface area contributed by atoms with Crippen molar-refractivity contribution in [3.8, 4) is 0 Å². The van der Waals surface area contributed by atoms with Gasteiger partial charge in [-0.1, -0.05) is 6.58 Å². The summed E-state index contributed by atoms with van der Waals surface area (Å²) in [5.74, 6) is -2.03. The number of rotatable bonds is 7. The Morgan fingerprint density at radius 2 is 1.47 bits per heavy atom. The topological polar surface area (TPSA) is 78.9 Å². The Morgan fingerprint density at radius 1 is 0.947 bits per heavy atom. The molecule has 0 rings (SSSR count). The van der Waals surface area contributed by atoms with Crippen molar-refractivity contribution in [3.05, 3.63) is 12.2 Å². The highest BCUT2D eigenvalue weighted by atomic mass is 16.6. The van der Waals surface area contributed by atoms with Gasteiger partial charge in [-0.15, -0.1) is 0 Å². The number of hydrogen-bond acceptors (Lipinski definition) is 6. The molecule has 0 amide bonds. The fourth-order valence-electron chi connectivity index (χ4n) is 1.03. The first-order chi connectivity index (χ1) is 8.72. The van der Waals surface area contributed by atoms with E-state index < -0.39 is 24.5 Å². The van der Waals surface area contributed by atoms with Crippen LogP contribution in [0.4, 0.5) is 0 Å². The Hall–Kier alpha value is -1.85. The lowest BCUT2D eigenvalue weighted by molar-refractivity contribution is -0.161. The van der Waals surface area contributed by atoms with Crippen molar-refractivity contribution in [3.63, 3.8) is 0 Å². The number of hydrogen-bond donors (Lipinski definition) is 0. The van der Waals surface area contributed by atoms with E-state index in [9.17, 15) is 14.4 Å². The Morgan fingerprint density at radius 3 is 1.95 bits per heavy atom. The molecular formula is C13H20O6. The Kier molecular flexibility index (Phi) is 7.48. The molecule has 0 N–H and O–H groups in total. The molecule has 0 aromatic carbocycles. The van der Waals surface area contributed by atoms with Crippen molar-refractivity contribution in [2.75, 3.05) is 6.61 Å². The largest absolute Gasteiger partial charge is 0.460 e. The molecule has 0 saturated carbocycles. The van der Waals surface area contributed by atoms with E-state index in [-0.39, 0.29) is 24.2 Å². The highest BCUT2D eigenvalue weighted by molar-refractivity contribution is 5.93. The van der Waals surface area contributed by atoms with E-state index in [0.29, 0.717) is 0 Å². The maximum absolute atomic E-state index is 11.4. The Labute approximate surface area is 112 Å². The molecule has 0 atom stereocenters. The van der Waals surface area contributed by atoms with E-state index in [1.54, 1.807) is 27.7 Å². The van der Waals surface area contributed by atoms with Gasteiger partial charge in [0.05, 0.1) is 18.6 Å². The summed E-state index contributed by atoms with van der Waals surface area (Å²) in [4.78, 5) is 33.8. The molecule has 0 fully saturated rings. The van der Waals surface area contributed by atoms with Crippen LogP contribution in [0.25, 0.3) is 0 Å². The van der Waals surface area contributed by atoms with Crippen LogP contribution in [0.2, 0.25) is 0 Å². The summed E-state index contributed by atoms with van der Waals surface area (Å²) in [5, 5.41) is 0. The van der Waals surface area contributed by atoms with Gasteiger partial charge in [0.2, 0.25) is 0 Å². The summed E-state index contributed by atoms with van der Waals surface area (Å²) in [7, 11) is 0. The minimum atomic E-state index is -0.730. The summed E-state index contributed by atoms with van der Waals surface area (Å²) in [5.41, 5.74) is -0.0177. The van der Waals surface area contributed by atoms with Gasteiger partial charge in [-0.2, -0.15) is 0 Å². The fraction of sp³-hybridized carbons (Fsp3) is 0.615.